The summed E-state index contributed by atoms with van der Waals surface area (Å²) in [4.78, 5) is 1.92. The van der Waals surface area contributed by atoms with Crippen LogP contribution in [0.2, 0.25) is 5.02 Å². The van der Waals surface area contributed by atoms with Crippen LogP contribution in [0.4, 0.5) is 23.0 Å². The molecule has 25 heavy (non-hydrogen) atoms. The lowest BCUT2D eigenvalue weighted by atomic mass is 10.1. The number of nitrogen functional groups attached to an aromatic ring is 1. The quantitative estimate of drug-likeness (QED) is 0.527. The van der Waals surface area contributed by atoms with E-state index >= 15 is 0 Å². The molecule has 0 bridgehead atoms. The van der Waals surface area contributed by atoms with E-state index in [0.29, 0.717) is 10.7 Å². The molecule has 128 valence electrons. The standard InChI is InChI=1S/C17H15ClN4O2S/c1-9-3-4-10(2)12(7-9)22-13-8-11(18)5-6-14(13)25(23,24)15-16(19)20-21-17(15)22/h3-8H,1-2H3,(H3,19,20,21). The summed E-state index contributed by atoms with van der Waals surface area (Å²) in [6.07, 6.45) is 0. The maximum absolute atomic E-state index is 13.0. The van der Waals surface area contributed by atoms with E-state index in [2.05, 4.69) is 10.2 Å². The van der Waals surface area contributed by atoms with Crippen LogP contribution >= 0.6 is 11.6 Å². The number of aromatic amines is 1. The third kappa shape index (κ3) is 2.23. The van der Waals surface area contributed by atoms with E-state index in [1.807, 2.05) is 32.0 Å². The number of sulfone groups is 1. The minimum atomic E-state index is -3.79. The lowest BCUT2D eigenvalue weighted by Crippen LogP contribution is -2.23. The molecule has 0 saturated carbocycles. The minimum absolute atomic E-state index is 0.0109. The zero-order chi connectivity index (χ0) is 17.9. The molecule has 0 amide bonds. The topological polar surface area (TPSA) is 92.1 Å². The normalized spacial score (nSPS) is 14.9. The molecule has 1 aliphatic heterocycles. The highest BCUT2D eigenvalue weighted by Gasteiger charge is 2.39. The van der Waals surface area contributed by atoms with Gasteiger partial charge >= 0.3 is 0 Å². The molecule has 0 atom stereocenters. The number of aromatic nitrogens is 2. The number of hydrogen-bond acceptors (Lipinski definition) is 5. The SMILES string of the molecule is Cc1ccc(C)c(N2c3cc(Cl)ccc3S(=O)(=O)c3c2n[nH]c3N)c1. The monoisotopic (exact) mass is 374 g/mol. The van der Waals surface area contributed by atoms with E-state index in [9.17, 15) is 8.42 Å². The van der Waals surface area contributed by atoms with Crippen LogP contribution in [0.5, 0.6) is 0 Å². The molecule has 0 saturated heterocycles. The lowest BCUT2D eigenvalue weighted by molar-refractivity contribution is 0.595. The van der Waals surface area contributed by atoms with Crippen molar-refractivity contribution in [3.63, 3.8) is 0 Å². The van der Waals surface area contributed by atoms with Crippen LogP contribution in [0.15, 0.2) is 46.2 Å². The van der Waals surface area contributed by atoms with Crippen LogP contribution in [0, 0.1) is 13.8 Å². The fourth-order valence-electron chi connectivity index (χ4n) is 3.07. The second-order valence-electron chi connectivity index (χ2n) is 6.03. The van der Waals surface area contributed by atoms with Crippen LogP contribution in [0.3, 0.4) is 0 Å². The molecule has 3 N–H and O–H groups in total. The molecule has 3 aromatic rings. The minimum Gasteiger partial charge on any atom is -0.383 e. The molecule has 2 aromatic carbocycles. The Morgan fingerprint density at radius 1 is 1.12 bits per heavy atom. The Hall–Kier alpha value is -2.51. The molecule has 1 aromatic heterocycles. The first kappa shape index (κ1) is 16.0. The molecule has 2 heterocycles. The van der Waals surface area contributed by atoms with Crippen LogP contribution in [-0.2, 0) is 9.84 Å². The fourth-order valence-corrected chi connectivity index (χ4v) is 4.84. The van der Waals surface area contributed by atoms with Crippen LogP contribution in [0.25, 0.3) is 0 Å². The van der Waals surface area contributed by atoms with E-state index in [1.165, 1.54) is 6.07 Å². The number of benzene rings is 2. The van der Waals surface area contributed by atoms with Gasteiger partial charge in [-0.1, -0.05) is 23.7 Å². The number of nitrogens with zero attached hydrogens (tertiary/aromatic N) is 2. The number of halogens is 1. The van der Waals surface area contributed by atoms with Crippen LogP contribution < -0.4 is 10.6 Å². The van der Waals surface area contributed by atoms with Gasteiger partial charge in [0.1, 0.15) is 5.82 Å². The summed E-state index contributed by atoms with van der Waals surface area (Å²) in [7, 11) is -3.79. The molecule has 0 radical (unpaired) electrons. The smallest absolute Gasteiger partial charge is 0.216 e. The van der Waals surface area contributed by atoms with Gasteiger partial charge in [-0.05, 0) is 49.2 Å². The average molecular weight is 375 g/mol. The highest BCUT2D eigenvalue weighted by Crippen LogP contribution is 2.50. The summed E-state index contributed by atoms with van der Waals surface area (Å²) in [5.74, 6) is 0.270. The van der Waals surface area contributed by atoms with Crippen LogP contribution in [0.1, 0.15) is 11.1 Å². The largest absolute Gasteiger partial charge is 0.383 e. The summed E-state index contributed by atoms with van der Waals surface area (Å²) in [5.41, 5.74) is 9.19. The summed E-state index contributed by atoms with van der Waals surface area (Å²) >= 11 is 6.15. The first-order valence-electron chi connectivity index (χ1n) is 7.56. The molecule has 0 spiro atoms. The van der Waals surface area contributed by atoms with Gasteiger partial charge < -0.3 is 5.73 Å². The van der Waals surface area contributed by atoms with Gasteiger partial charge in [0.15, 0.2) is 10.7 Å². The van der Waals surface area contributed by atoms with Gasteiger partial charge in [-0.25, -0.2) is 8.42 Å². The van der Waals surface area contributed by atoms with Gasteiger partial charge in [-0.2, -0.15) is 5.10 Å². The predicted octanol–water partition coefficient (Wildman–Crippen LogP) is 3.88. The molecule has 0 unspecified atom stereocenters. The highest BCUT2D eigenvalue weighted by molar-refractivity contribution is 7.92. The van der Waals surface area contributed by atoms with E-state index < -0.39 is 9.84 Å². The summed E-state index contributed by atoms with van der Waals surface area (Å²) < 4.78 is 26.0. The van der Waals surface area contributed by atoms with E-state index in [-0.39, 0.29) is 21.4 Å². The van der Waals surface area contributed by atoms with E-state index in [4.69, 9.17) is 17.3 Å². The van der Waals surface area contributed by atoms with Crippen molar-refractivity contribution in [2.24, 2.45) is 0 Å². The molecule has 1 aliphatic rings. The summed E-state index contributed by atoms with van der Waals surface area (Å²) in [6, 6.07) is 10.6. The summed E-state index contributed by atoms with van der Waals surface area (Å²) in [5, 5.41) is 7.20. The maximum atomic E-state index is 13.0. The van der Waals surface area contributed by atoms with Gasteiger partial charge in [-0.3, -0.25) is 10.00 Å². The average Bonchev–Trinajstić information content (AvgIpc) is 2.93. The second-order valence-corrected chi connectivity index (χ2v) is 8.32. The van der Waals surface area contributed by atoms with Gasteiger partial charge in [0.05, 0.1) is 16.3 Å². The first-order valence-corrected chi connectivity index (χ1v) is 9.42. The van der Waals surface area contributed by atoms with Crippen molar-refractivity contribution in [3.8, 4) is 0 Å². The number of hydrogen-bond donors (Lipinski definition) is 2. The number of anilines is 4. The van der Waals surface area contributed by atoms with Crippen molar-refractivity contribution in [3.05, 3.63) is 52.5 Å². The molecule has 0 fully saturated rings. The number of fused-ring (bicyclic) bond motifs is 2. The van der Waals surface area contributed by atoms with Gasteiger partial charge in [0.25, 0.3) is 0 Å². The molecular weight excluding hydrogens is 360 g/mol. The summed E-state index contributed by atoms with van der Waals surface area (Å²) in [6.45, 7) is 3.93. The first-order chi connectivity index (χ1) is 11.8. The molecule has 8 heteroatoms. The third-order valence-corrected chi connectivity index (χ3v) is 6.37. The van der Waals surface area contributed by atoms with Crippen molar-refractivity contribution in [2.45, 2.75) is 23.6 Å². The van der Waals surface area contributed by atoms with Gasteiger partial charge in [0.2, 0.25) is 9.84 Å². The Kier molecular flexibility index (Phi) is 3.35. The number of rotatable bonds is 1. The Bertz CT molecular complexity index is 1120. The molecule has 6 nitrogen and oxygen atoms in total. The van der Waals surface area contributed by atoms with Crippen molar-refractivity contribution in [2.75, 3.05) is 10.6 Å². The number of nitrogens with two attached hydrogens (primary N) is 1. The van der Waals surface area contributed by atoms with Crippen molar-refractivity contribution >= 4 is 44.4 Å². The maximum Gasteiger partial charge on any atom is 0.216 e. The predicted molar refractivity (Wildman–Crippen MR) is 97.6 cm³/mol. The Balaban J connectivity index is 2.13. The Morgan fingerprint density at radius 3 is 2.64 bits per heavy atom. The van der Waals surface area contributed by atoms with Gasteiger partial charge in [0, 0.05) is 5.02 Å². The number of aryl methyl sites for hydroxylation is 2. The zero-order valence-electron chi connectivity index (χ0n) is 13.5. The van der Waals surface area contributed by atoms with Crippen LogP contribution in [-0.4, -0.2) is 18.6 Å². The Morgan fingerprint density at radius 2 is 1.88 bits per heavy atom. The molecular formula is C17H15ClN4O2S. The molecule has 0 aliphatic carbocycles. The highest BCUT2D eigenvalue weighted by atomic mass is 35.5. The molecule has 4 rings (SSSR count). The number of nitrogens with one attached hydrogen (secondary N) is 1. The van der Waals surface area contributed by atoms with Crippen molar-refractivity contribution in [1.29, 1.82) is 0 Å². The number of H-pyrrole nitrogens is 1. The third-order valence-electron chi connectivity index (χ3n) is 4.27. The second kappa shape index (κ2) is 5.24. The van der Waals surface area contributed by atoms with Crippen molar-refractivity contribution in [1.82, 2.24) is 10.2 Å². The fraction of sp³-hybridized carbons (Fsp3) is 0.118. The zero-order valence-corrected chi connectivity index (χ0v) is 15.1. The van der Waals surface area contributed by atoms with E-state index in [1.54, 1.807) is 17.0 Å². The van der Waals surface area contributed by atoms with Crippen molar-refractivity contribution < 1.29 is 8.42 Å². The Labute approximate surface area is 150 Å². The lowest BCUT2D eigenvalue weighted by Gasteiger charge is -2.31. The van der Waals surface area contributed by atoms with E-state index in [0.717, 1.165) is 16.8 Å². The van der Waals surface area contributed by atoms with Gasteiger partial charge in [-0.15, -0.1) is 0 Å².